The number of rotatable bonds is 4. The Hall–Kier alpha value is -2.72. The number of ether oxygens (including phenoxy) is 1. The Bertz CT molecular complexity index is 1050. The number of nitrogens with one attached hydrogen (secondary N) is 1. The predicted molar refractivity (Wildman–Crippen MR) is 121 cm³/mol. The summed E-state index contributed by atoms with van der Waals surface area (Å²) in [6.45, 7) is 6.69. The number of hydrogen-bond acceptors (Lipinski definition) is 7. The molecule has 0 radical (unpaired) electrons. The molecule has 3 heterocycles. The average Bonchev–Trinajstić information content (AvgIpc) is 3.02. The molecule has 2 aliphatic heterocycles. The Kier molecular flexibility index (Phi) is 6.32. The molecule has 3 unspecified atom stereocenters. The van der Waals surface area contributed by atoms with E-state index >= 15 is 4.39 Å². The normalized spacial score (nSPS) is 24.7. The van der Waals surface area contributed by atoms with Gasteiger partial charge in [-0.1, -0.05) is 6.07 Å². The van der Waals surface area contributed by atoms with Crippen LogP contribution in [0.4, 0.5) is 10.2 Å². The third kappa shape index (κ3) is 5.11. The van der Waals surface area contributed by atoms with E-state index in [1.165, 1.54) is 0 Å². The van der Waals surface area contributed by atoms with E-state index in [2.05, 4.69) is 10.4 Å². The molecule has 0 aliphatic carbocycles. The van der Waals surface area contributed by atoms with Gasteiger partial charge in [-0.3, -0.25) is 19.2 Å². The number of likely N-dealkylation sites (tertiary alicyclic amines) is 1. The van der Waals surface area contributed by atoms with Crippen molar-refractivity contribution in [3.05, 3.63) is 23.8 Å². The number of aliphatic hydroxyl groups excluding tert-OH is 1. The molecule has 33 heavy (non-hydrogen) atoms. The maximum atomic E-state index is 15.2. The van der Waals surface area contributed by atoms with Gasteiger partial charge in [0.15, 0.2) is 5.82 Å². The van der Waals surface area contributed by atoms with Crippen LogP contribution in [0.2, 0.25) is 0 Å². The minimum absolute atomic E-state index is 0.0865. The van der Waals surface area contributed by atoms with Crippen LogP contribution in [0.25, 0.3) is 10.9 Å². The van der Waals surface area contributed by atoms with Crippen LogP contribution in [0.5, 0.6) is 0 Å². The highest BCUT2D eigenvalue weighted by molar-refractivity contribution is 5.92. The van der Waals surface area contributed by atoms with E-state index < -0.39 is 18.1 Å². The van der Waals surface area contributed by atoms with Gasteiger partial charge in [-0.05, 0) is 51.4 Å². The standard InChI is InChI=1S/C23H32FN5O4/c1-23(2,3)33-20(31)13-28-9-7-15(17(24)12-28)14-5-6-16-18(11-14)27(4)26-21(16)29-10-8-19(30)25-22(29)32/h5-6,11,15,17,22,32H,7-10,12-13H2,1-4H3,(H,25,30). The Morgan fingerprint density at radius 2 is 2.09 bits per heavy atom. The number of halogens is 1. The first-order valence-electron chi connectivity index (χ1n) is 11.3. The number of aliphatic hydroxyl groups is 1. The Labute approximate surface area is 192 Å². The molecular weight excluding hydrogens is 429 g/mol. The quantitative estimate of drug-likeness (QED) is 0.668. The number of alkyl halides is 1. The summed E-state index contributed by atoms with van der Waals surface area (Å²) in [5.74, 6) is -0.237. The number of fused-ring (bicyclic) bond motifs is 1. The number of carbonyl (C=O) groups is 2. The number of amides is 1. The first-order chi connectivity index (χ1) is 15.5. The molecule has 2 aliphatic rings. The number of carbonyl (C=O) groups excluding carboxylic acids is 2. The molecule has 180 valence electrons. The second kappa shape index (κ2) is 8.90. The summed E-state index contributed by atoms with van der Waals surface area (Å²) in [5.41, 5.74) is 1.15. The van der Waals surface area contributed by atoms with Gasteiger partial charge in [0.1, 0.15) is 11.8 Å². The molecule has 2 N–H and O–H groups in total. The summed E-state index contributed by atoms with van der Waals surface area (Å²) in [5, 5.41) is 18.1. The van der Waals surface area contributed by atoms with Crippen LogP contribution in [-0.4, -0.2) is 76.0 Å². The highest BCUT2D eigenvalue weighted by Crippen LogP contribution is 2.35. The van der Waals surface area contributed by atoms with E-state index in [-0.39, 0.29) is 37.3 Å². The molecule has 0 spiro atoms. The summed E-state index contributed by atoms with van der Waals surface area (Å²) in [6.07, 6.45) is -1.37. The Morgan fingerprint density at radius 3 is 2.76 bits per heavy atom. The average molecular weight is 462 g/mol. The molecular formula is C23H32FN5O4. The van der Waals surface area contributed by atoms with Crippen molar-refractivity contribution in [1.82, 2.24) is 20.0 Å². The topological polar surface area (TPSA) is 99.9 Å². The monoisotopic (exact) mass is 461 g/mol. The lowest BCUT2D eigenvalue weighted by atomic mass is 9.87. The molecule has 2 saturated heterocycles. The molecule has 0 saturated carbocycles. The van der Waals surface area contributed by atoms with Crippen LogP contribution < -0.4 is 10.2 Å². The number of anilines is 1. The Balaban J connectivity index is 1.48. The van der Waals surface area contributed by atoms with E-state index in [1.54, 1.807) is 16.6 Å². The van der Waals surface area contributed by atoms with Crippen LogP contribution in [0, 0.1) is 0 Å². The van der Waals surface area contributed by atoms with E-state index in [0.717, 1.165) is 16.5 Å². The van der Waals surface area contributed by atoms with Gasteiger partial charge in [-0.15, -0.1) is 0 Å². The molecule has 2 fully saturated rings. The number of esters is 1. The SMILES string of the molecule is Cn1nc(N2CCC(=O)NC2O)c2ccc(C3CCN(CC(=O)OC(C)(C)C)CC3F)cc21. The van der Waals surface area contributed by atoms with Crippen molar-refractivity contribution in [1.29, 1.82) is 0 Å². The van der Waals surface area contributed by atoms with Gasteiger partial charge in [0.25, 0.3) is 0 Å². The van der Waals surface area contributed by atoms with Gasteiger partial charge in [0.05, 0.1) is 12.1 Å². The van der Waals surface area contributed by atoms with Crippen molar-refractivity contribution in [3.63, 3.8) is 0 Å². The maximum Gasteiger partial charge on any atom is 0.320 e. The fraction of sp³-hybridized carbons (Fsp3) is 0.609. The van der Waals surface area contributed by atoms with Gasteiger partial charge < -0.3 is 20.1 Å². The van der Waals surface area contributed by atoms with Gasteiger partial charge in [0, 0.05) is 37.9 Å². The van der Waals surface area contributed by atoms with Crippen LogP contribution in [0.3, 0.4) is 0 Å². The van der Waals surface area contributed by atoms with Crippen molar-refractivity contribution in [2.24, 2.45) is 7.05 Å². The smallest absolute Gasteiger partial charge is 0.320 e. The summed E-state index contributed by atoms with van der Waals surface area (Å²) in [6, 6.07) is 5.75. The van der Waals surface area contributed by atoms with Crippen molar-refractivity contribution < 1.29 is 23.8 Å². The number of piperidine rings is 1. The molecule has 1 amide bonds. The van der Waals surface area contributed by atoms with Crippen molar-refractivity contribution in [2.45, 2.75) is 57.7 Å². The third-order valence-corrected chi connectivity index (χ3v) is 6.12. The molecule has 1 aromatic heterocycles. The largest absolute Gasteiger partial charge is 0.459 e. The minimum atomic E-state index is -1.13. The van der Waals surface area contributed by atoms with Gasteiger partial charge >= 0.3 is 5.97 Å². The first kappa shape index (κ1) is 23.4. The maximum absolute atomic E-state index is 15.2. The molecule has 2 aromatic rings. The number of hydrogen-bond donors (Lipinski definition) is 2. The van der Waals surface area contributed by atoms with Gasteiger partial charge in [-0.2, -0.15) is 5.10 Å². The van der Waals surface area contributed by atoms with E-state index in [1.807, 2.05) is 43.9 Å². The molecule has 10 heteroatoms. The highest BCUT2D eigenvalue weighted by Gasteiger charge is 2.33. The van der Waals surface area contributed by atoms with Gasteiger partial charge in [0.2, 0.25) is 12.3 Å². The third-order valence-electron chi connectivity index (χ3n) is 6.12. The number of aryl methyl sites for hydroxylation is 1. The van der Waals surface area contributed by atoms with Gasteiger partial charge in [-0.25, -0.2) is 4.39 Å². The molecule has 0 bridgehead atoms. The molecule has 4 rings (SSSR count). The van der Waals surface area contributed by atoms with Crippen molar-refractivity contribution in [3.8, 4) is 0 Å². The number of aromatic nitrogens is 2. The molecule has 1 aromatic carbocycles. The number of nitrogens with zero attached hydrogens (tertiary/aromatic N) is 4. The van der Waals surface area contributed by atoms with Crippen LogP contribution in [0.1, 0.15) is 45.1 Å². The van der Waals surface area contributed by atoms with Crippen LogP contribution in [-0.2, 0) is 21.4 Å². The molecule has 3 atom stereocenters. The zero-order chi connectivity index (χ0) is 23.9. The van der Waals surface area contributed by atoms with Crippen LogP contribution in [0.15, 0.2) is 18.2 Å². The highest BCUT2D eigenvalue weighted by atomic mass is 19.1. The zero-order valence-electron chi connectivity index (χ0n) is 19.5. The minimum Gasteiger partial charge on any atom is -0.459 e. The van der Waals surface area contributed by atoms with E-state index in [0.29, 0.717) is 25.3 Å². The lowest BCUT2D eigenvalue weighted by Crippen LogP contribution is -2.54. The van der Waals surface area contributed by atoms with Crippen molar-refractivity contribution in [2.75, 3.05) is 31.1 Å². The summed E-state index contributed by atoms with van der Waals surface area (Å²) in [7, 11) is 1.81. The van der Waals surface area contributed by atoms with Crippen molar-refractivity contribution >= 4 is 28.6 Å². The van der Waals surface area contributed by atoms with E-state index in [4.69, 9.17) is 4.74 Å². The first-order valence-corrected chi connectivity index (χ1v) is 11.3. The van der Waals surface area contributed by atoms with Crippen LogP contribution >= 0.6 is 0 Å². The zero-order valence-corrected chi connectivity index (χ0v) is 19.5. The lowest BCUT2D eigenvalue weighted by Gasteiger charge is -2.35. The lowest BCUT2D eigenvalue weighted by molar-refractivity contribution is -0.156. The predicted octanol–water partition coefficient (Wildman–Crippen LogP) is 1.64. The fourth-order valence-corrected chi connectivity index (χ4v) is 4.60. The second-order valence-electron chi connectivity index (χ2n) is 9.84. The van der Waals surface area contributed by atoms with E-state index in [9.17, 15) is 14.7 Å². The summed E-state index contributed by atoms with van der Waals surface area (Å²) in [4.78, 5) is 27.1. The Morgan fingerprint density at radius 1 is 1.33 bits per heavy atom. The fourth-order valence-electron chi connectivity index (χ4n) is 4.60. The molecule has 9 nitrogen and oxygen atoms in total. The number of benzene rings is 1. The second-order valence-corrected chi connectivity index (χ2v) is 9.84. The summed E-state index contributed by atoms with van der Waals surface area (Å²) < 4.78 is 22.2. The summed E-state index contributed by atoms with van der Waals surface area (Å²) >= 11 is 0.